The second-order valence-corrected chi connectivity index (χ2v) is 7.15. The normalized spacial score (nSPS) is 12.1. The van der Waals surface area contributed by atoms with Crippen molar-refractivity contribution in [1.29, 1.82) is 0 Å². The molecular formula is C14H22ClNO4S. The first-order valence-corrected chi connectivity index (χ1v) is 8.61. The standard InChI is InChI=1S/C14H22ClNO4S/c1-11(2)20-8-7-16(3)21(17,18)14-9-12(10-15)5-6-13(14)19-4/h5-6,9,11H,7-8,10H2,1-4H3. The average molecular weight is 336 g/mol. The molecule has 5 nitrogen and oxygen atoms in total. The maximum atomic E-state index is 12.6. The number of ether oxygens (including phenoxy) is 2. The molecule has 0 spiro atoms. The van der Waals surface area contributed by atoms with E-state index in [1.807, 2.05) is 13.8 Å². The summed E-state index contributed by atoms with van der Waals surface area (Å²) in [5.74, 6) is 0.549. The molecule has 0 heterocycles. The lowest BCUT2D eigenvalue weighted by Crippen LogP contribution is -2.31. The summed E-state index contributed by atoms with van der Waals surface area (Å²) in [6, 6.07) is 4.90. The van der Waals surface area contributed by atoms with E-state index in [2.05, 4.69) is 0 Å². The third-order valence-corrected chi connectivity index (χ3v) is 5.11. The van der Waals surface area contributed by atoms with Crippen LogP contribution in [0.15, 0.2) is 23.1 Å². The fourth-order valence-electron chi connectivity index (χ4n) is 1.71. The van der Waals surface area contributed by atoms with Crippen LogP contribution in [-0.2, 0) is 20.6 Å². The maximum Gasteiger partial charge on any atom is 0.246 e. The fraction of sp³-hybridized carbons (Fsp3) is 0.571. The largest absolute Gasteiger partial charge is 0.495 e. The van der Waals surface area contributed by atoms with E-state index in [1.165, 1.54) is 18.5 Å². The van der Waals surface area contributed by atoms with Crippen molar-refractivity contribution in [3.8, 4) is 5.75 Å². The summed E-state index contributed by atoms with van der Waals surface area (Å²) in [6.07, 6.45) is 0.0650. The Kier molecular flexibility index (Phi) is 6.93. The van der Waals surface area contributed by atoms with E-state index in [0.29, 0.717) is 12.4 Å². The molecule has 0 radical (unpaired) electrons. The summed E-state index contributed by atoms with van der Waals surface area (Å²) in [4.78, 5) is 0.121. The number of sulfonamides is 1. The van der Waals surface area contributed by atoms with Crippen LogP contribution in [0.3, 0.4) is 0 Å². The molecule has 0 aromatic heterocycles. The van der Waals surface area contributed by atoms with E-state index < -0.39 is 10.0 Å². The highest BCUT2D eigenvalue weighted by atomic mass is 35.5. The van der Waals surface area contributed by atoms with E-state index in [1.54, 1.807) is 18.2 Å². The molecule has 0 saturated heterocycles. The molecule has 21 heavy (non-hydrogen) atoms. The van der Waals surface area contributed by atoms with Crippen LogP contribution < -0.4 is 4.74 Å². The van der Waals surface area contributed by atoms with Gasteiger partial charge in [0.25, 0.3) is 0 Å². The second-order valence-electron chi connectivity index (χ2n) is 4.86. The topological polar surface area (TPSA) is 55.8 Å². The van der Waals surface area contributed by atoms with Crippen molar-refractivity contribution in [3.05, 3.63) is 23.8 Å². The van der Waals surface area contributed by atoms with Gasteiger partial charge in [-0.25, -0.2) is 8.42 Å². The Morgan fingerprint density at radius 2 is 2.00 bits per heavy atom. The zero-order chi connectivity index (χ0) is 16.0. The first kappa shape index (κ1) is 18.2. The van der Waals surface area contributed by atoms with Crippen LogP contribution in [0, 0.1) is 0 Å². The number of hydrogen-bond acceptors (Lipinski definition) is 4. The van der Waals surface area contributed by atoms with Gasteiger partial charge in [0.05, 0.1) is 19.8 Å². The third-order valence-electron chi connectivity index (χ3n) is 2.93. The van der Waals surface area contributed by atoms with Crippen LogP contribution in [-0.4, -0.2) is 46.1 Å². The summed E-state index contributed by atoms with van der Waals surface area (Å²) < 4.78 is 37.0. The Labute approximate surface area is 131 Å². The van der Waals surface area contributed by atoms with Crippen LogP contribution in [0.2, 0.25) is 0 Å². The highest BCUT2D eigenvalue weighted by Gasteiger charge is 2.25. The highest BCUT2D eigenvalue weighted by molar-refractivity contribution is 7.89. The van der Waals surface area contributed by atoms with Gasteiger partial charge < -0.3 is 9.47 Å². The number of nitrogens with zero attached hydrogens (tertiary/aromatic N) is 1. The molecule has 0 aliphatic carbocycles. The summed E-state index contributed by atoms with van der Waals surface area (Å²) >= 11 is 5.77. The molecule has 0 N–H and O–H groups in total. The van der Waals surface area contributed by atoms with Crippen molar-refractivity contribution in [2.24, 2.45) is 0 Å². The van der Waals surface area contributed by atoms with Gasteiger partial charge in [-0.1, -0.05) is 6.07 Å². The Hall–Kier alpha value is -0.820. The van der Waals surface area contributed by atoms with Crippen molar-refractivity contribution in [2.75, 3.05) is 27.3 Å². The maximum absolute atomic E-state index is 12.6. The number of alkyl halides is 1. The van der Waals surface area contributed by atoms with Gasteiger partial charge in [0.1, 0.15) is 10.6 Å². The number of rotatable bonds is 8. The summed E-state index contributed by atoms with van der Waals surface area (Å²) in [5, 5.41) is 0. The van der Waals surface area contributed by atoms with E-state index in [-0.39, 0.29) is 23.4 Å². The minimum Gasteiger partial charge on any atom is -0.495 e. The molecule has 120 valence electrons. The van der Waals surface area contributed by atoms with Crippen LogP contribution >= 0.6 is 11.6 Å². The molecule has 0 fully saturated rings. The quantitative estimate of drug-likeness (QED) is 0.685. The molecule has 0 unspecified atom stereocenters. The molecular weight excluding hydrogens is 314 g/mol. The minimum absolute atomic E-state index is 0.0650. The van der Waals surface area contributed by atoms with Crippen molar-refractivity contribution in [2.45, 2.75) is 30.7 Å². The molecule has 7 heteroatoms. The predicted octanol–water partition coefficient (Wildman–Crippen LogP) is 2.48. The van der Waals surface area contributed by atoms with Gasteiger partial charge >= 0.3 is 0 Å². The van der Waals surface area contributed by atoms with Gasteiger partial charge in [0.2, 0.25) is 10.0 Å². The Bertz CT molecular complexity index is 560. The lowest BCUT2D eigenvalue weighted by Gasteiger charge is -2.20. The van der Waals surface area contributed by atoms with Crippen molar-refractivity contribution in [1.82, 2.24) is 4.31 Å². The lowest BCUT2D eigenvalue weighted by atomic mass is 10.2. The Morgan fingerprint density at radius 1 is 1.33 bits per heavy atom. The molecule has 0 aliphatic heterocycles. The highest BCUT2D eigenvalue weighted by Crippen LogP contribution is 2.27. The van der Waals surface area contributed by atoms with Crippen LogP contribution in [0.1, 0.15) is 19.4 Å². The fourth-order valence-corrected chi connectivity index (χ4v) is 3.23. The molecule has 1 aromatic rings. The monoisotopic (exact) mass is 335 g/mol. The number of methoxy groups -OCH3 is 1. The van der Waals surface area contributed by atoms with Crippen LogP contribution in [0.25, 0.3) is 0 Å². The van der Waals surface area contributed by atoms with Gasteiger partial charge in [-0.2, -0.15) is 4.31 Å². The molecule has 0 aliphatic rings. The molecule has 0 atom stereocenters. The zero-order valence-electron chi connectivity index (χ0n) is 12.8. The molecule has 1 aromatic carbocycles. The van der Waals surface area contributed by atoms with Crippen molar-refractivity contribution < 1.29 is 17.9 Å². The number of likely N-dealkylation sites (N-methyl/N-ethyl adjacent to an activating group) is 1. The molecule has 1 rings (SSSR count). The predicted molar refractivity (Wildman–Crippen MR) is 83.5 cm³/mol. The van der Waals surface area contributed by atoms with Crippen LogP contribution in [0.4, 0.5) is 0 Å². The SMILES string of the molecule is COc1ccc(CCl)cc1S(=O)(=O)N(C)CCOC(C)C. The first-order valence-electron chi connectivity index (χ1n) is 6.63. The number of benzene rings is 1. The Balaban J connectivity index is 3.00. The van der Waals surface area contributed by atoms with Crippen molar-refractivity contribution >= 4 is 21.6 Å². The number of halogens is 1. The summed E-state index contributed by atoms with van der Waals surface area (Å²) in [7, 11) is -0.682. The van der Waals surface area contributed by atoms with Gasteiger partial charge in [-0.05, 0) is 31.5 Å². The van der Waals surface area contributed by atoms with Crippen LogP contribution in [0.5, 0.6) is 5.75 Å². The van der Waals surface area contributed by atoms with E-state index >= 15 is 0 Å². The minimum atomic E-state index is -3.64. The third kappa shape index (κ3) is 4.85. The van der Waals surface area contributed by atoms with Gasteiger partial charge in [-0.3, -0.25) is 0 Å². The lowest BCUT2D eigenvalue weighted by molar-refractivity contribution is 0.0737. The summed E-state index contributed by atoms with van der Waals surface area (Å²) in [6.45, 7) is 4.42. The van der Waals surface area contributed by atoms with Gasteiger partial charge in [0, 0.05) is 19.5 Å². The Morgan fingerprint density at radius 3 is 2.52 bits per heavy atom. The van der Waals surface area contributed by atoms with Gasteiger partial charge in [0.15, 0.2) is 0 Å². The van der Waals surface area contributed by atoms with E-state index in [9.17, 15) is 8.42 Å². The molecule has 0 amide bonds. The van der Waals surface area contributed by atoms with Gasteiger partial charge in [-0.15, -0.1) is 11.6 Å². The number of hydrogen-bond donors (Lipinski definition) is 0. The van der Waals surface area contributed by atoms with Crippen molar-refractivity contribution in [3.63, 3.8) is 0 Å². The smallest absolute Gasteiger partial charge is 0.246 e. The van der Waals surface area contributed by atoms with E-state index in [4.69, 9.17) is 21.1 Å². The average Bonchev–Trinajstić information content (AvgIpc) is 2.45. The second kappa shape index (κ2) is 7.98. The molecule has 0 saturated carbocycles. The first-order chi connectivity index (χ1) is 9.82. The zero-order valence-corrected chi connectivity index (χ0v) is 14.4. The molecule has 0 bridgehead atoms. The summed E-state index contributed by atoms with van der Waals surface area (Å²) in [5.41, 5.74) is 0.725. The van der Waals surface area contributed by atoms with E-state index in [0.717, 1.165) is 5.56 Å².